The van der Waals surface area contributed by atoms with Gasteiger partial charge in [-0.05, 0) is 42.3 Å². The van der Waals surface area contributed by atoms with E-state index in [0.717, 1.165) is 23.3 Å². The third-order valence-corrected chi connectivity index (χ3v) is 3.12. The number of rotatable bonds is 2. The fraction of sp³-hybridized carbons (Fsp3) is 0.143. The molecule has 0 bridgehead atoms. The number of nitrogen functional groups attached to an aromatic ring is 1. The second-order valence-electron chi connectivity index (χ2n) is 4.42. The quantitative estimate of drug-likeness (QED) is 0.697. The molecule has 0 spiro atoms. The number of imidazole rings is 1. The summed E-state index contributed by atoms with van der Waals surface area (Å²) in [4.78, 5) is 8.48. The Balaban J connectivity index is 2.03. The molecule has 4 nitrogen and oxygen atoms in total. The number of nitrogens with zero attached hydrogens (tertiary/aromatic N) is 3. The fourth-order valence-corrected chi connectivity index (χ4v) is 2.07. The van der Waals surface area contributed by atoms with Crippen LogP contribution in [-0.2, 0) is 6.54 Å². The van der Waals surface area contributed by atoms with Gasteiger partial charge in [0.15, 0.2) is 0 Å². The van der Waals surface area contributed by atoms with Gasteiger partial charge < -0.3 is 10.3 Å². The van der Waals surface area contributed by atoms with E-state index in [9.17, 15) is 0 Å². The van der Waals surface area contributed by atoms with Gasteiger partial charge in [-0.1, -0.05) is 0 Å². The first-order valence-electron chi connectivity index (χ1n) is 5.84. The summed E-state index contributed by atoms with van der Waals surface area (Å²) < 4.78 is 2.12. The largest absolute Gasteiger partial charge is 0.399 e. The van der Waals surface area contributed by atoms with E-state index in [-0.39, 0.29) is 0 Å². The second kappa shape index (κ2) is 4.14. The van der Waals surface area contributed by atoms with Crippen LogP contribution in [0, 0.1) is 6.92 Å². The lowest BCUT2D eigenvalue weighted by atomic mass is 10.1. The summed E-state index contributed by atoms with van der Waals surface area (Å²) in [6, 6.07) is 7.85. The highest BCUT2D eigenvalue weighted by molar-refractivity contribution is 5.79. The molecule has 0 fully saturated rings. The summed E-state index contributed by atoms with van der Waals surface area (Å²) in [7, 11) is 0. The standard InChI is InChI=1S/C14H14N4/c1-10-7-16-5-4-11(10)8-18-9-17-13-6-12(15)2-3-14(13)18/h2-7,9H,8,15H2,1H3. The van der Waals surface area contributed by atoms with Crippen molar-refractivity contribution < 1.29 is 0 Å². The molecule has 0 aliphatic rings. The van der Waals surface area contributed by atoms with E-state index in [2.05, 4.69) is 21.5 Å². The van der Waals surface area contributed by atoms with Crippen molar-refractivity contribution in [1.82, 2.24) is 14.5 Å². The predicted octanol–water partition coefficient (Wildman–Crippen LogP) is 2.37. The van der Waals surface area contributed by atoms with Gasteiger partial charge in [0.2, 0.25) is 0 Å². The van der Waals surface area contributed by atoms with Gasteiger partial charge >= 0.3 is 0 Å². The Morgan fingerprint density at radius 3 is 3.00 bits per heavy atom. The van der Waals surface area contributed by atoms with Gasteiger partial charge in [0.1, 0.15) is 0 Å². The van der Waals surface area contributed by atoms with Crippen LogP contribution >= 0.6 is 0 Å². The van der Waals surface area contributed by atoms with Crippen LogP contribution in [-0.4, -0.2) is 14.5 Å². The number of benzene rings is 1. The smallest absolute Gasteiger partial charge is 0.0961 e. The van der Waals surface area contributed by atoms with Crippen molar-refractivity contribution in [1.29, 1.82) is 0 Å². The SMILES string of the molecule is Cc1cnccc1Cn1cnc2cc(N)ccc21. The minimum absolute atomic E-state index is 0.743. The molecule has 18 heavy (non-hydrogen) atoms. The van der Waals surface area contributed by atoms with Gasteiger partial charge in [-0.2, -0.15) is 0 Å². The fourth-order valence-electron chi connectivity index (χ4n) is 2.07. The third-order valence-electron chi connectivity index (χ3n) is 3.12. The summed E-state index contributed by atoms with van der Waals surface area (Å²) in [5.41, 5.74) is 11.0. The monoisotopic (exact) mass is 238 g/mol. The molecular weight excluding hydrogens is 224 g/mol. The van der Waals surface area contributed by atoms with Crippen molar-refractivity contribution in [3.63, 3.8) is 0 Å². The number of aryl methyl sites for hydroxylation is 1. The molecule has 3 aromatic rings. The minimum Gasteiger partial charge on any atom is -0.399 e. The number of fused-ring (bicyclic) bond motifs is 1. The maximum absolute atomic E-state index is 5.75. The highest BCUT2D eigenvalue weighted by Crippen LogP contribution is 2.18. The molecule has 0 aliphatic heterocycles. The highest BCUT2D eigenvalue weighted by atomic mass is 15.0. The lowest BCUT2D eigenvalue weighted by Gasteiger charge is -2.07. The summed E-state index contributed by atoms with van der Waals surface area (Å²) in [5, 5.41) is 0. The number of pyridine rings is 1. The Labute approximate surface area is 105 Å². The van der Waals surface area contributed by atoms with Crippen molar-refractivity contribution in [2.24, 2.45) is 0 Å². The molecule has 0 amide bonds. The molecule has 0 radical (unpaired) electrons. The average molecular weight is 238 g/mol. The molecule has 4 heteroatoms. The van der Waals surface area contributed by atoms with Gasteiger partial charge in [0, 0.05) is 24.6 Å². The summed E-state index contributed by atoms with van der Waals surface area (Å²) in [6.45, 7) is 2.87. The third kappa shape index (κ3) is 1.82. The van der Waals surface area contributed by atoms with Crippen molar-refractivity contribution >= 4 is 16.7 Å². The van der Waals surface area contributed by atoms with Crippen molar-refractivity contribution in [3.8, 4) is 0 Å². The number of nitrogens with two attached hydrogens (primary N) is 1. The van der Waals surface area contributed by atoms with Gasteiger partial charge in [-0.15, -0.1) is 0 Å². The van der Waals surface area contributed by atoms with Crippen LogP contribution in [0.2, 0.25) is 0 Å². The van der Waals surface area contributed by atoms with Gasteiger partial charge in [-0.25, -0.2) is 4.98 Å². The van der Waals surface area contributed by atoms with Gasteiger partial charge in [-0.3, -0.25) is 4.98 Å². The molecule has 2 heterocycles. The minimum atomic E-state index is 0.743. The summed E-state index contributed by atoms with van der Waals surface area (Å²) >= 11 is 0. The first-order valence-corrected chi connectivity index (χ1v) is 5.84. The van der Waals surface area contributed by atoms with E-state index in [1.54, 1.807) is 0 Å². The Morgan fingerprint density at radius 1 is 1.28 bits per heavy atom. The zero-order valence-electron chi connectivity index (χ0n) is 10.2. The molecule has 2 aromatic heterocycles. The normalized spacial score (nSPS) is 10.9. The first-order chi connectivity index (χ1) is 8.74. The van der Waals surface area contributed by atoms with Crippen LogP contribution in [0.1, 0.15) is 11.1 Å². The molecule has 90 valence electrons. The van der Waals surface area contributed by atoms with Crippen LogP contribution in [0.25, 0.3) is 11.0 Å². The number of hydrogen-bond acceptors (Lipinski definition) is 3. The van der Waals surface area contributed by atoms with Crippen molar-refractivity contribution in [3.05, 3.63) is 54.1 Å². The van der Waals surface area contributed by atoms with E-state index in [1.165, 1.54) is 11.1 Å². The summed E-state index contributed by atoms with van der Waals surface area (Å²) in [6.07, 6.45) is 5.55. The molecule has 0 saturated carbocycles. The number of anilines is 1. The Kier molecular flexibility index (Phi) is 2.48. The molecule has 2 N–H and O–H groups in total. The van der Waals surface area contributed by atoms with Crippen LogP contribution < -0.4 is 5.73 Å². The Bertz CT molecular complexity index is 700. The number of aromatic nitrogens is 3. The second-order valence-corrected chi connectivity index (χ2v) is 4.42. The van der Waals surface area contributed by atoms with Crippen LogP contribution in [0.4, 0.5) is 5.69 Å². The Hall–Kier alpha value is -2.36. The Morgan fingerprint density at radius 2 is 2.17 bits per heavy atom. The van der Waals surface area contributed by atoms with E-state index >= 15 is 0 Å². The van der Waals surface area contributed by atoms with E-state index in [0.29, 0.717) is 0 Å². The average Bonchev–Trinajstić information content (AvgIpc) is 2.74. The molecule has 0 unspecified atom stereocenters. The molecule has 1 aromatic carbocycles. The van der Waals surface area contributed by atoms with Gasteiger partial charge in [0.25, 0.3) is 0 Å². The van der Waals surface area contributed by atoms with Gasteiger partial charge in [0.05, 0.1) is 17.4 Å². The van der Waals surface area contributed by atoms with Crippen molar-refractivity contribution in [2.45, 2.75) is 13.5 Å². The van der Waals surface area contributed by atoms with E-state index in [1.807, 2.05) is 43.0 Å². The van der Waals surface area contributed by atoms with Crippen LogP contribution in [0.5, 0.6) is 0 Å². The summed E-state index contributed by atoms with van der Waals surface area (Å²) in [5.74, 6) is 0. The maximum atomic E-state index is 5.75. The number of hydrogen-bond donors (Lipinski definition) is 1. The van der Waals surface area contributed by atoms with Crippen LogP contribution in [0.3, 0.4) is 0 Å². The molecule has 0 aliphatic carbocycles. The van der Waals surface area contributed by atoms with Crippen LogP contribution in [0.15, 0.2) is 43.0 Å². The lowest BCUT2D eigenvalue weighted by molar-refractivity contribution is 0.816. The lowest BCUT2D eigenvalue weighted by Crippen LogP contribution is -2.00. The molecule has 0 atom stereocenters. The zero-order chi connectivity index (χ0) is 12.5. The predicted molar refractivity (Wildman–Crippen MR) is 72.2 cm³/mol. The highest BCUT2D eigenvalue weighted by Gasteiger charge is 2.05. The van der Waals surface area contributed by atoms with E-state index in [4.69, 9.17) is 5.73 Å². The maximum Gasteiger partial charge on any atom is 0.0961 e. The van der Waals surface area contributed by atoms with E-state index < -0.39 is 0 Å². The van der Waals surface area contributed by atoms with Crippen molar-refractivity contribution in [2.75, 3.05) is 5.73 Å². The topological polar surface area (TPSA) is 56.7 Å². The first kappa shape index (κ1) is 10.8. The molecule has 0 saturated heterocycles. The molecule has 3 rings (SSSR count). The molecular formula is C14H14N4. The zero-order valence-corrected chi connectivity index (χ0v) is 10.2.